The van der Waals surface area contributed by atoms with Crippen LogP contribution in [-0.4, -0.2) is 37.5 Å². The van der Waals surface area contributed by atoms with E-state index in [1.807, 2.05) is 0 Å². The molecule has 17 heavy (non-hydrogen) atoms. The number of hydrogen-bond acceptors (Lipinski definition) is 3. The first kappa shape index (κ1) is 13.9. The highest BCUT2D eigenvalue weighted by Gasteiger charge is 2.22. The molecule has 1 N–H and O–H groups in total. The van der Waals surface area contributed by atoms with Crippen LogP contribution in [-0.2, 0) is 10.0 Å². The maximum absolute atomic E-state index is 12.2. The predicted molar refractivity (Wildman–Crippen MR) is 67.1 cm³/mol. The molecule has 0 aromatic heterocycles. The van der Waals surface area contributed by atoms with E-state index in [-0.39, 0.29) is 18.0 Å². The van der Waals surface area contributed by atoms with Crippen molar-refractivity contribution in [3.63, 3.8) is 0 Å². The van der Waals surface area contributed by atoms with E-state index in [9.17, 15) is 8.42 Å². The zero-order chi connectivity index (χ0) is 12.7. The van der Waals surface area contributed by atoms with Crippen molar-refractivity contribution in [1.82, 2.24) is 4.31 Å². The van der Waals surface area contributed by atoms with E-state index in [0.717, 1.165) is 0 Å². The van der Waals surface area contributed by atoms with Crippen molar-refractivity contribution in [2.24, 2.45) is 0 Å². The Bertz CT molecular complexity index is 442. The van der Waals surface area contributed by atoms with E-state index >= 15 is 0 Å². The van der Waals surface area contributed by atoms with Crippen LogP contribution in [0, 0.1) is 0 Å². The molecule has 94 valence electrons. The van der Waals surface area contributed by atoms with E-state index in [1.165, 1.54) is 10.4 Å². The van der Waals surface area contributed by atoms with Gasteiger partial charge in [0.2, 0.25) is 10.0 Å². The molecule has 0 spiro atoms. The molecule has 0 saturated heterocycles. The molecule has 0 atom stereocenters. The van der Waals surface area contributed by atoms with Crippen molar-refractivity contribution in [3.8, 4) is 0 Å². The second-order valence-electron chi connectivity index (χ2n) is 3.54. The Kier molecular flexibility index (Phi) is 5.34. The Morgan fingerprint density at radius 1 is 1.29 bits per heavy atom. The number of benzene rings is 1. The molecule has 0 unspecified atom stereocenters. The van der Waals surface area contributed by atoms with Gasteiger partial charge >= 0.3 is 0 Å². The Morgan fingerprint density at radius 3 is 2.47 bits per heavy atom. The lowest BCUT2D eigenvalue weighted by atomic mass is 10.4. The van der Waals surface area contributed by atoms with Gasteiger partial charge in [0.25, 0.3) is 0 Å². The van der Waals surface area contributed by atoms with Crippen molar-refractivity contribution in [2.75, 3.05) is 19.7 Å². The first-order valence-electron chi connectivity index (χ1n) is 5.40. The number of rotatable bonds is 7. The van der Waals surface area contributed by atoms with Crippen LogP contribution in [0.1, 0.15) is 6.42 Å². The molecule has 0 radical (unpaired) electrons. The summed E-state index contributed by atoms with van der Waals surface area (Å²) in [5.74, 6) is 0. The van der Waals surface area contributed by atoms with Crippen LogP contribution in [0.5, 0.6) is 0 Å². The monoisotopic (exact) mass is 255 g/mol. The Balaban J connectivity index is 2.96. The average Bonchev–Trinajstić information content (AvgIpc) is 2.35. The van der Waals surface area contributed by atoms with E-state index in [1.54, 1.807) is 30.3 Å². The van der Waals surface area contributed by atoms with E-state index < -0.39 is 10.0 Å². The molecule has 0 aliphatic rings. The second kappa shape index (κ2) is 6.54. The van der Waals surface area contributed by atoms with Crippen molar-refractivity contribution in [1.29, 1.82) is 0 Å². The van der Waals surface area contributed by atoms with Crippen molar-refractivity contribution >= 4 is 10.0 Å². The summed E-state index contributed by atoms with van der Waals surface area (Å²) in [5.41, 5.74) is 0. The van der Waals surface area contributed by atoms with Crippen LogP contribution in [0.4, 0.5) is 0 Å². The molecule has 4 nitrogen and oxygen atoms in total. The number of aliphatic hydroxyl groups is 1. The Hall–Kier alpha value is -1.17. The summed E-state index contributed by atoms with van der Waals surface area (Å²) in [5, 5.41) is 8.77. The first-order valence-corrected chi connectivity index (χ1v) is 6.84. The van der Waals surface area contributed by atoms with Crippen molar-refractivity contribution in [3.05, 3.63) is 43.0 Å². The SMILES string of the molecule is C=CCN(CCCO)S(=O)(=O)c1ccccc1. The summed E-state index contributed by atoms with van der Waals surface area (Å²) in [4.78, 5) is 0.264. The fourth-order valence-corrected chi connectivity index (χ4v) is 2.91. The van der Waals surface area contributed by atoms with Crippen LogP contribution in [0.25, 0.3) is 0 Å². The third kappa shape index (κ3) is 3.66. The normalized spacial score (nSPS) is 11.6. The maximum atomic E-state index is 12.2. The van der Waals surface area contributed by atoms with Gasteiger partial charge in [-0.2, -0.15) is 4.31 Å². The molecule has 0 bridgehead atoms. The zero-order valence-corrected chi connectivity index (χ0v) is 10.4. The molecule has 1 aromatic carbocycles. The second-order valence-corrected chi connectivity index (χ2v) is 5.48. The van der Waals surface area contributed by atoms with Gasteiger partial charge in [0.1, 0.15) is 0 Å². The fraction of sp³-hybridized carbons (Fsp3) is 0.333. The molecule has 0 aliphatic carbocycles. The number of aliphatic hydroxyl groups excluding tert-OH is 1. The zero-order valence-electron chi connectivity index (χ0n) is 9.62. The molecule has 0 heterocycles. The number of nitrogens with zero attached hydrogens (tertiary/aromatic N) is 1. The summed E-state index contributed by atoms with van der Waals surface area (Å²) in [6, 6.07) is 8.26. The van der Waals surface area contributed by atoms with Crippen LogP contribution < -0.4 is 0 Å². The third-order valence-corrected chi connectivity index (χ3v) is 4.16. The van der Waals surface area contributed by atoms with Gasteiger partial charge in [-0.15, -0.1) is 6.58 Å². The van der Waals surface area contributed by atoms with Gasteiger partial charge in [0.15, 0.2) is 0 Å². The van der Waals surface area contributed by atoms with Crippen LogP contribution >= 0.6 is 0 Å². The Labute approximate surface area is 102 Å². The smallest absolute Gasteiger partial charge is 0.243 e. The predicted octanol–water partition coefficient (Wildman–Crippen LogP) is 1.25. The molecule has 0 saturated carbocycles. The summed E-state index contributed by atoms with van der Waals surface area (Å²) in [6.45, 7) is 4.06. The first-order chi connectivity index (χ1) is 8.12. The number of sulfonamides is 1. The lowest BCUT2D eigenvalue weighted by Gasteiger charge is -2.20. The standard InChI is InChI=1S/C12H17NO3S/c1-2-9-13(10-6-11-14)17(15,16)12-7-4-3-5-8-12/h2-5,7-8,14H,1,6,9-11H2. The highest BCUT2D eigenvalue weighted by atomic mass is 32.2. The minimum atomic E-state index is -3.48. The van der Waals surface area contributed by atoms with E-state index in [0.29, 0.717) is 13.0 Å². The van der Waals surface area contributed by atoms with Crippen LogP contribution in [0.2, 0.25) is 0 Å². The highest BCUT2D eigenvalue weighted by molar-refractivity contribution is 7.89. The van der Waals surface area contributed by atoms with Gasteiger partial charge < -0.3 is 5.11 Å². The molecule has 1 aromatic rings. The third-order valence-electron chi connectivity index (χ3n) is 2.28. The molecular weight excluding hydrogens is 238 g/mol. The topological polar surface area (TPSA) is 57.6 Å². The van der Waals surface area contributed by atoms with E-state index in [2.05, 4.69) is 6.58 Å². The van der Waals surface area contributed by atoms with Gasteiger partial charge in [-0.25, -0.2) is 8.42 Å². The van der Waals surface area contributed by atoms with Gasteiger partial charge in [-0.05, 0) is 18.6 Å². The van der Waals surface area contributed by atoms with E-state index in [4.69, 9.17) is 5.11 Å². The van der Waals surface area contributed by atoms with Gasteiger partial charge in [-0.1, -0.05) is 24.3 Å². The van der Waals surface area contributed by atoms with Crippen LogP contribution in [0.15, 0.2) is 47.9 Å². The summed E-state index contributed by atoms with van der Waals surface area (Å²) < 4.78 is 25.8. The highest BCUT2D eigenvalue weighted by Crippen LogP contribution is 2.15. The van der Waals surface area contributed by atoms with Gasteiger partial charge in [-0.3, -0.25) is 0 Å². The molecule has 5 heteroatoms. The molecule has 0 fully saturated rings. The lowest BCUT2D eigenvalue weighted by molar-refractivity contribution is 0.272. The fourth-order valence-electron chi connectivity index (χ4n) is 1.44. The minimum Gasteiger partial charge on any atom is -0.396 e. The summed E-state index contributed by atoms with van der Waals surface area (Å²) in [7, 11) is -3.48. The lowest BCUT2D eigenvalue weighted by Crippen LogP contribution is -2.32. The minimum absolute atomic E-state index is 0.0298. The molecular formula is C12H17NO3S. The van der Waals surface area contributed by atoms with Crippen molar-refractivity contribution < 1.29 is 13.5 Å². The molecule has 1 rings (SSSR count). The quantitative estimate of drug-likeness (QED) is 0.746. The Morgan fingerprint density at radius 2 is 1.94 bits per heavy atom. The van der Waals surface area contributed by atoms with Crippen molar-refractivity contribution in [2.45, 2.75) is 11.3 Å². The summed E-state index contributed by atoms with van der Waals surface area (Å²) in [6.07, 6.45) is 1.96. The largest absolute Gasteiger partial charge is 0.396 e. The number of hydrogen-bond donors (Lipinski definition) is 1. The average molecular weight is 255 g/mol. The van der Waals surface area contributed by atoms with Gasteiger partial charge in [0, 0.05) is 19.7 Å². The van der Waals surface area contributed by atoms with Crippen LogP contribution in [0.3, 0.4) is 0 Å². The molecule has 0 aliphatic heterocycles. The van der Waals surface area contributed by atoms with Gasteiger partial charge in [0.05, 0.1) is 4.90 Å². The summed E-state index contributed by atoms with van der Waals surface area (Å²) >= 11 is 0. The molecule has 0 amide bonds. The maximum Gasteiger partial charge on any atom is 0.243 e.